The Bertz CT molecular complexity index is 573. The average molecular weight is 290 g/mol. The predicted octanol–water partition coefficient (Wildman–Crippen LogP) is 1.05. The second kappa shape index (κ2) is 5.73. The molecule has 0 radical (unpaired) electrons. The van der Waals surface area contributed by atoms with Crippen molar-refractivity contribution in [3.8, 4) is 5.75 Å². The monoisotopic (exact) mass is 290 g/mol. The molecule has 0 unspecified atom stereocenters. The van der Waals surface area contributed by atoms with Gasteiger partial charge >= 0.3 is 0 Å². The van der Waals surface area contributed by atoms with Gasteiger partial charge in [-0.3, -0.25) is 9.59 Å². The number of hydrogen-bond donors (Lipinski definition) is 3. The van der Waals surface area contributed by atoms with Crippen LogP contribution in [0.5, 0.6) is 5.75 Å². The SMILES string of the molecule is O=C1COc2ccc(C(=O)N[C@H]3CCCC[C@@H]3O)cc2N1. The number of fused-ring (bicyclic) bond motifs is 1. The lowest BCUT2D eigenvalue weighted by Gasteiger charge is -2.28. The Kier molecular flexibility index (Phi) is 3.79. The molecule has 1 heterocycles. The number of rotatable bonds is 2. The Hall–Kier alpha value is -2.08. The number of aliphatic hydroxyl groups is 1. The van der Waals surface area contributed by atoms with Gasteiger partial charge in [-0.25, -0.2) is 0 Å². The molecule has 1 aliphatic carbocycles. The summed E-state index contributed by atoms with van der Waals surface area (Å²) in [7, 11) is 0. The molecule has 6 nitrogen and oxygen atoms in total. The van der Waals surface area contributed by atoms with Crippen LogP contribution in [-0.4, -0.2) is 35.7 Å². The molecule has 6 heteroatoms. The Balaban J connectivity index is 1.72. The summed E-state index contributed by atoms with van der Waals surface area (Å²) in [5.74, 6) is 0.0789. The van der Waals surface area contributed by atoms with E-state index in [0.717, 1.165) is 25.7 Å². The molecule has 0 bridgehead atoms. The van der Waals surface area contributed by atoms with Crippen LogP contribution in [0.1, 0.15) is 36.0 Å². The first kappa shape index (κ1) is 13.9. The maximum atomic E-state index is 12.3. The van der Waals surface area contributed by atoms with E-state index in [1.165, 1.54) is 0 Å². The molecule has 1 aromatic rings. The number of anilines is 1. The van der Waals surface area contributed by atoms with Gasteiger partial charge in [0.1, 0.15) is 5.75 Å². The summed E-state index contributed by atoms with van der Waals surface area (Å²) < 4.78 is 5.25. The number of nitrogens with one attached hydrogen (secondary N) is 2. The highest BCUT2D eigenvalue weighted by Gasteiger charge is 2.25. The highest BCUT2D eigenvalue weighted by atomic mass is 16.5. The molecule has 2 amide bonds. The topological polar surface area (TPSA) is 87.7 Å². The van der Waals surface area contributed by atoms with Gasteiger partial charge in [0.25, 0.3) is 11.8 Å². The summed E-state index contributed by atoms with van der Waals surface area (Å²) in [6.45, 7) is -0.00713. The van der Waals surface area contributed by atoms with Crippen molar-refractivity contribution in [1.82, 2.24) is 5.32 Å². The van der Waals surface area contributed by atoms with Gasteiger partial charge in [0.05, 0.1) is 17.8 Å². The second-order valence-electron chi connectivity index (χ2n) is 5.48. The minimum atomic E-state index is -0.483. The molecule has 112 valence electrons. The second-order valence-corrected chi connectivity index (χ2v) is 5.48. The van der Waals surface area contributed by atoms with Crippen LogP contribution in [0.4, 0.5) is 5.69 Å². The highest BCUT2D eigenvalue weighted by molar-refractivity contribution is 5.99. The maximum Gasteiger partial charge on any atom is 0.262 e. The van der Waals surface area contributed by atoms with Crippen molar-refractivity contribution < 1.29 is 19.4 Å². The van der Waals surface area contributed by atoms with Crippen LogP contribution in [0.3, 0.4) is 0 Å². The van der Waals surface area contributed by atoms with E-state index >= 15 is 0 Å². The van der Waals surface area contributed by atoms with Crippen molar-refractivity contribution in [3.05, 3.63) is 23.8 Å². The lowest BCUT2D eigenvalue weighted by Crippen LogP contribution is -2.45. The van der Waals surface area contributed by atoms with Crippen LogP contribution in [0.2, 0.25) is 0 Å². The van der Waals surface area contributed by atoms with E-state index in [1.54, 1.807) is 18.2 Å². The molecule has 21 heavy (non-hydrogen) atoms. The van der Waals surface area contributed by atoms with E-state index in [2.05, 4.69) is 10.6 Å². The molecule has 3 rings (SSSR count). The van der Waals surface area contributed by atoms with Gasteiger partial charge in [-0.2, -0.15) is 0 Å². The van der Waals surface area contributed by atoms with E-state index in [9.17, 15) is 14.7 Å². The van der Waals surface area contributed by atoms with Gasteiger partial charge in [0.2, 0.25) is 0 Å². The van der Waals surface area contributed by atoms with Gasteiger partial charge in [-0.1, -0.05) is 12.8 Å². The van der Waals surface area contributed by atoms with Gasteiger partial charge in [0, 0.05) is 5.56 Å². The third-order valence-electron chi connectivity index (χ3n) is 3.92. The Morgan fingerprint density at radius 1 is 1.33 bits per heavy atom. The fourth-order valence-corrected chi connectivity index (χ4v) is 2.76. The molecule has 1 aromatic carbocycles. The van der Waals surface area contributed by atoms with Crippen molar-refractivity contribution >= 4 is 17.5 Å². The largest absolute Gasteiger partial charge is 0.482 e. The Morgan fingerprint density at radius 2 is 2.14 bits per heavy atom. The molecular weight excluding hydrogens is 272 g/mol. The summed E-state index contributed by atoms with van der Waals surface area (Å²) in [6.07, 6.45) is 3.03. The molecule has 0 spiro atoms. The standard InChI is InChI=1S/C15H18N2O4/c18-12-4-2-1-3-10(12)17-15(20)9-5-6-13-11(7-9)16-14(19)8-21-13/h5-7,10,12,18H,1-4,8H2,(H,16,19)(H,17,20)/t10-,12-/m0/s1. The third-order valence-corrected chi connectivity index (χ3v) is 3.92. The lowest BCUT2D eigenvalue weighted by atomic mass is 9.92. The predicted molar refractivity (Wildman–Crippen MR) is 76.3 cm³/mol. The van der Waals surface area contributed by atoms with Crippen LogP contribution in [0.25, 0.3) is 0 Å². The molecule has 1 fully saturated rings. The molecule has 0 saturated heterocycles. The van der Waals surface area contributed by atoms with Crippen molar-refractivity contribution in [2.75, 3.05) is 11.9 Å². The molecule has 2 aliphatic rings. The first-order valence-electron chi connectivity index (χ1n) is 7.19. The summed E-state index contributed by atoms with van der Waals surface area (Å²) in [4.78, 5) is 23.5. The number of benzene rings is 1. The van der Waals surface area contributed by atoms with Gasteiger partial charge in [-0.15, -0.1) is 0 Å². The summed E-state index contributed by atoms with van der Waals surface area (Å²) in [5.41, 5.74) is 0.945. The Labute approximate surface area is 122 Å². The molecular formula is C15H18N2O4. The molecule has 1 aliphatic heterocycles. The number of aliphatic hydroxyl groups excluding tert-OH is 1. The minimum absolute atomic E-state index is 0.00713. The van der Waals surface area contributed by atoms with Crippen molar-refractivity contribution in [2.24, 2.45) is 0 Å². The van der Waals surface area contributed by atoms with Crippen LogP contribution in [-0.2, 0) is 4.79 Å². The number of hydrogen-bond acceptors (Lipinski definition) is 4. The quantitative estimate of drug-likeness (QED) is 0.759. The zero-order valence-corrected chi connectivity index (χ0v) is 11.6. The third kappa shape index (κ3) is 3.00. The van der Waals surface area contributed by atoms with Crippen molar-refractivity contribution in [2.45, 2.75) is 37.8 Å². The Morgan fingerprint density at radius 3 is 2.95 bits per heavy atom. The first-order chi connectivity index (χ1) is 10.1. The first-order valence-corrected chi connectivity index (χ1v) is 7.19. The summed E-state index contributed by atoms with van der Waals surface area (Å²) in [6, 6.07) is 4.71. The van der Waals surface area contributed by atoms with Crippen LogP contribution in [0.15, 0.2) is 18.2 Å². The van der Waals surface area contributed by atoms with Gasteiger partial charge in [-0.05, 0) is 31.0 Å². The number of carbonyl (C=O) groups is 2. The smallest absolute Gasteiger partial charge is 0.262 e. The molecule has 0 aromatic heterocycles. The van der Waals surface area contributed by atoms with E-state index in [4.69, 9.17) is 4.74 Å². The van der Waals surface area contributed by atoms with E-state index in [-0.39, 0.29) is 24.5 Å². The summed E-state index contributed by atoms with van der Waals surface area (Å²) in [5, 5.41) is 15.4. The normalized spacial score (nSPS) is 24.5. The molecule has 1 saturated carbocycles. The molecule has 2 atom stereocenters. The van der Waals surface area contributed by atoms with Crippen LogP contribution in [0, 0.1) is 0 Å². The van der Waals surface area contributed by atoms with Crippen LogP contribution >= 0.6 is 0 Å². The van der Waals surface area contributed by atoms with Crippen molar-refractivity contribution in [1.29, 1.82) is 0 Å². The number of carbonyl (C=O) groups excluding carboxylic acids is 2. The minimum Gasteiger partial charge on any atom is -0.482 e. The number of ether oxygens (including phenoxy) is 1. The van der Waals surface area contributed by atoms with Gasteiger partial charge < -0.3 is 20.5 Å². The molecule has 3 N–H and O–H groups in total. The number of amides is 2. The van der Waals surface area contributed by atoms with Crippen LogP contribution < -0.4 is 15.4 Å². The van der Waals surface area contributed by atoms with E-state index in [0.29, 0.717) is 17.0 Å². The zero-order chi connectivity index (χ0) is 14.8. The van der Waals surface area contributed by atoms with E-state index < -0.39 is 6.10 Å². The van der Waals surface area contributed by atoms with Gasteiger partial charge in [0.15, 0.2) is 6.61 Å². The maximum absolute atomic E-state index is 12.3. The van der Waals surface area contributed by atoms with E-state index in [1.807, 2.05) is 0 Å². The van der Waals surface area contributed by atoms with Crippen molar-refractivity contribution in [3.63, 3.8) is 0 Å². The fourth-order valence-electron chi connectivity index (χ4n) is 2.76. The fraction of sp³-hybridized carbons (Fsp3) is 0.467. The summed E-state index contributed by atoms with van der Waals surface area (Å²) >= 11 is 0. The lowest BCUT2D eigenvalue weighted by molar-refractivity contribution is -0.118. The average Bonchev–Trinajstić information content (AvgIpc) is 2.48. The zero-order valence-electron chi connectivity index (χ0n) is 11.6. The highest BCUT2D eigenvalue weighted by Crippen LogP contribution is 2.28.